The van der Waals surface area contributed by atoms with Crippen LogP contribution in [-0.4, -0.2) is 20.6 Å². The van der Waals surface area contributed by atoms with Gasteiger partial charge in [-0.2, -0.15) is 0 Å². The lowest BCUT2D eigenvalue weighted by Crippen LogP contribution is -2.26. The predicted octanol–water partition coefficient (Wildman–Crippen LogP) is 2.00. The summed E-state index contributed by atoms with van der Waals surface area (Å²) in [5.41, 5.74) is 1.17. The minimum atomic E-state index is -3.60. The van der Waals surface area contributed by atoms with Crippen LogP contribution in [0.4, 0.5) is 5.69 Å². The zero-order valence-corrected chi connectivity index (χ0v) is 11.3. The van der Waals surface area contributed by atoms with E-state index in [2.05, 4.69) is 0 Å². The summed E-state index contributed by atoms with van der Waals surface area (Å²) in [6, 6.07) is 15.2. The fourth-order valence-corrected chi connectivity index (χ4v) is 3.01. The Kier molecular flexibility index (Phi) is 3.87. The lowest BCUT2D eigenvalue weighted by Gasteiger charge is -2.19. The Balaban J connectivity index is 2.42. The number of benzene rings is 2. The number of para-hydroxylation sites is 1. The van der Waals surface area contributed by atoms with Gasteiger partial charge in [0.15, 0.2) is 0 Å². The second kappa shape index (κ2) is 5.42. The third kappa shape index (κ3) is 2.77. The van der Waals surface area contributed by atoms with E-state index in [9.17, 15) is 8.42 Å². The maximum Gasteiger partial charge on any atom is 0.264 e. The number of anilines is 1. The summed E-state index contributed by atoms with van der Waals surface area (Å²) in [4.78, 5) is 0.172. The zero-order chi connectivity index (χ0) is 13.9. The largest absolute Gasteiger partial charge is 0.392 e. The van der Waals surface area contributed by atoms with E-state index >= 15 is 0 Å². The predicted molar refractivity (Wildman–Crippen MR) is 74.4 cm³/mol. The van der Waals surface area contributed by atoms with Gasteiger partial charge >= 0.3 is 0 Å². The maximum absolute atomic E-state index is 12.4. The van der Waals surface area contributed by atoms with E-state index in [1.807, 2.05) is 6.07 Å². The highest BCUT2D eigenvalue weighted by Crippen LogP contribution is 2.22. The molecular formula is C14H15NO3S. The standard InChI is InChI=1S/C14H15NO3S/c1-15(13-7-3-2-4-8-13)19(17,18)14-9-5-6-12(10-14)11-16/h2-10,16H,11H2,1H3. The molecule has 0 aromatic heterocycles. The highest BCUT2D eigenvalue weighted by Gasteiger charge is 2.21. The average molecular weight is 277 g/mol. The van der Waals surface area contributed by atoms with Crippen molar-refractivity contribution in [1.29, 1.82) is 0 Å². The Labute approximate surface area is 113 Å². The summed E-state index contributed by atoms with van der Waals surface area (Å²) in [5.74, 6) is 0. The molecule has 0 aliphatic rings. The first kappa shape index (κ1) is 13.6. The van der Waals surface area contributed by atoms with Crippen LogP contribution in [0.5, 0.6) is 0 Å². The van der Waals surface area contributed by atoms with Crippen LogP contribution >= 0.6 is 0 Å². The summed E-state index contributed by atoms with van der Waals surface area (Å²) in [5, 5.41) is 9.07. The van der Waals surface area contributed by atoms with Crippen molar-refractivity contribution in [2.45, 2.75) is 11.5 Å². The molecule has 0 atom stereocenters. The van der Waals surface area contributed by atoms with E-state index < -0.39 is 10.0 Å². The molecule has 0 amide bonds. The highest BCUT2D eigenvalue weighted by molar-refractivity contribution is 7.92. The zero-order valence-electron chi connectivity index (χ0n) is 10.5. The normalized spacial score (nSPS) is 11.3. The second-order valence-corrected chi connectivity index (χ2v) is 6.08. The Bertz CT molecular complexity index is 653. The number of aliphatic hydroxyl groups excluding tert-OH is 1. The van der Waals surface area contributed by atoms with Crippen molar-refractivity contribution in [3.8, 4) is 0 Å². The summed E-state index contributed by atoms with van der Waals surface area (Å²) in [6.45, 7) is -0.182. The first-order chi connectivity index (χ1) is 9.05. The second-order valence-electron chi connectivity index (χ2n) is 4.11. The van der Waals surface area contributed by atoms with Gasteiger partial charge in [-0.25, -0.2) is 8.42 Å². The molecule has 0 aliphatic heterocycles. The number of nitrogens with zero attached hydrogens (tertiary/aromatic N) is 1. The number of hydrogen-bond acceptors (Lipinski definition) is 3. The molecule has 0 aliphatic carbocycles. The monoisotopic (exact) mass is 277 g/mol. The van der Waals surface area contributed by atoms with Crippen LogP contribution in [0.25, 0.3) is 0 Å². The van der Waals surface area contributed by atoms with Gasteiger partial charge in [0.1, 0.15) is 0 Å². The van der Waals surface area contributed by atoms with Gasteiger partial charge in [-0.3, -0.25) is 4.31 Å². The molecule has 0 spiro atoms. The molecule has 100 valence electrons. The molecule has 0 saturated carbocycles. The molecule has 1 N–H and O–H groups in total. The van der Waals surface area contributed by atoms with Crippen molar-refractivity contribution in [2.75, 3.05) is 11.4 Å². The summed E-state index contributed by atoms with van der Waals surface area (Å²) < 4.78 is 26.1. The molecule has 0 fully saturated rings. The van der Waals surface area contributed by atoms with Gasteiger partial charge < -0.3 is 5.11 Å². The van der Waals surface area contributed by atoms with Gasteiger partial charge in [0.25, 0.3) is 10.0 Å². The third-order valence-electron chi connectivity index (χ3n) is 2.86. The maximum atomic E-state index is 12.4. The number of aliphatic hydroxyl groups is 1. The van der Waals surface area contributed by atoms with E-state index in [1.165, 1.54) is 23.5 Å². The van der Waals surface area contributed by atoms with Crippen molar-refractivity contribution in [3.63, 3.8) is 0 Å². The molecule has 2 rings (SSSR count). The Hall–Kier alpha value is -1.85. The molecule has 0 bridgehead atoms. The fourth-order valence-electron chi connectivity index (χ4n) is 1.74. The minimum absolute atomic E-state index is 0.172. The van der Waals surface area contributed by atoms with Crippen molar-refractivity contribution in [3.05, 3.63) is 60.2 Å². The van der Waals surface area contributed by atoms with E-state index in [-0.39, 0.29) is 11.5 Å². The molecule has 19 heavy (non-hydrogen) atoms. The first-order valence-corrected chi connectivity index (χ1v) is 7.23. The van der Waals surface area contributed by atoms with E-state index in [0.717, 1.165) is 0 Å². The van der Waals surface area contributed by atoms with Gasteiger partial charge in [0.2, 0.25) is 0 Å². The van der Waals surface area contributed by atoms with Crippen LogP contribution in [0.15, 0.2) is 59.5 Å². The van der Waals surface area contributed by atoms with Crippen molar-refractivity contribution < 1.29 is 13.5 Å². The average Bonchev–Trinajstić information content (AvgIpc) is 2.47. The molecule has 0 saturated heterocycles. The van der Waals surface area contributed by atoms with E-state index in [0.29, 0.717) is 11.3 Å². The minimum Gasteiger partial charge on any atom is -0.392 e. The Morgan fingerprint density at radius 3 is 2.37 bits per heavy atom. The number of sulfonamides is 1. The Morgan fingerprint density at radius 2 is 1.74 bits per heavy atom. The molecule has 0 radical (unpaired) electrons. The summed E-state index contributed by atoms with van der Waals surface area (Å²) >= 11 is 0. The van der Waals surface area contributed by atoms with Gasteiger partial charge in [0.05, 0.1) is 17.2 Å². The van der Waals surface area contributed by atoms with Crippen molar-refractivity contribution in [2.24, 2.45) is 0 Å². The molecule has 4 nitrogen and oxygen atoms in total. The van der Waals surface area contributed by atoms with Crippen molar-refractivity contribution >= 4 is 15.7 Å². The van der Waals surface area contributed by atoms with Crippen LogP contribution in [0.3, 0.4) is 0 Å². The fraction of sp³-hybridized carbons (Fsp3) is 0.143. The highest BCUT2D eigenvalue weighted by atomic mass is 32.2. The van der Waals surface area contributed by atoms with Gasteiger partial charge in [-0.1, -0.05) is 30.3 Å². The van der Waals surface area contributed by atoms with Crippen LogP contribution < -0.4 is 4.31 Å². The quantitative estimate of drug-likeness (QED) is 0.930. The first-order valence-electron chi connectivity index (χ1n) is 5.79. The van der Waals surface area contributed by atoms with Crippen LogP contribution in [-0.2, 0) is 16.6 Å². The van der Waals surface area contributed by atoms with Crippen molar-refractivity contribution in [1.82, 2.24) is 0 Å². The topological polar surface area (TPSA) is 57.6 Å². The SMILES string of the molecule is CN(c1ccccc1)S(=O)(=O)c1cccc(CO)c1. The lowest BCUT2D eigenvalue weighted by molar-refractivity contribution is 0.281. The molecule has 2 aromatic rings. The summed E-state index contributed by atoms with van der Waals surface area (Å²) in [6.07, 6.45) is 0. The number of hydrogen-bond donors (Lipinski definition) is 1. The molecule has 0 heterocycles. The van der Waals surface area contributed by atoms with E-state index in [4.69, 9.17) is 5.11 Å². The Morgan fingerprint density at radius 1 is 1.05 bits per heavy atom. The van der Waals surface area contributed by atoms with Crippen LogP contribution in [0, 0.1) is 0 Å². The van der Waals surface area contributed by atoms with Gasteiger partial charge in [0, 0.05) is 7.05 Å². The summed E-state index contributed by atoms with van der Waals surface area (Å²) in [7, 11) is -2.09. The van der Waals surface area contributed by atoms with Crippen LogP contribution in [0.1, 0.15) is 5.56 Å². The lowest BCUT2D eigenvalue weighted by atomic mass is 10.2. The third-order valence-corrected chi connectivity index (χ3v) is 4.64. The smallest absolute Gasteiger partial charge is 0.264 e. The molecule has 2 aromatic carbocycles. The number of rotatable bonds is 4. The molecule has 0 unspecified atom stereocenters. The van der Waals surface area contributed by atoms with E-state index in [1.54, 1.807) is 36.4 Å². The molecule has 5 heteroatoms. The van der Waals surface area contributed by atoms with Crippen LogP contribution in [0.2, 0.25) is 0 Å². The van der Waals surface area contributed by atoms with Gasteiger partial charge in [-0.15, -0.1) is 0 Å². The molecular weight excluding hydrogens is 262 g/mol. The van der Waals surface area contributed by atoms with Gasteiger partial charge in [-0.05, 0) is 29.8 Å².